The SMILES string of the molecule is Cl.O=S(=O)(NC1CCNC1)c1ncccc1Cl. The van der Waals surface area contributed by atoms with E-state index in [1.165, 1.54) is 12.3 Å². The highest BCUT2D eigenvalue weighted by atomic mass is 35.5. The molecular weight excluding hydrogens is 285 g/mol. The molecule has 0 amide bonds. The number of hydrogen-bond donors (Lipinski definition) is 2. The molecule has 1 aromatic rings. The highest BCUT2D eigenvalue weighted by molar-refractivity contribution is 7.89. The maximum atomic E-state index is 11.9. The predicted octanol–water partition coefficient (Wildman–Crippen LogP) is 0.797. The molecule has 1 aromatic heterocycles. The second-order valence-electron chi connectivity index (χ2n) is 3.60. The summed E-state index contributed by atoms with van der Waals surface area (Å²) in [5.41, 5.74) is 0. The lowest BCUT2D eigenvalue weighted by atomic mass is 10.3. The van der Waals surface area contributed by atoms with Gasteiger partial charge in [-0.25, -0.2) is 18.1 Å². The second-order valence-corrected chi connectivity index (χ2v) is 5.64. The number of nitrogens with one attached hydrogen (secondary N) is 2. The van der Waals surface area contributed by atoms with Gasteiger partial charge in [0.1, 0.15) is 0 Å². The minimum Gasteiger partial charge on any atom is -0.315 e. The highest BCUT2D eigenvalue weighted by Gasteiger charge is 2.25. The van der Waals surface area contributed by atoms with Gasteiger partial charge in [0.2, 0.25) is 0 Å². The fraction of sp³-hybridized carbons (Fsp3) is 0.444. The normalized spacial score (nSPS) is 19.9. The van der Waals surface area contributed by atoms with E-state index in [1.807, 2.05) is 0 Å². The number of pyridine rings is 1. The molecule has 0 spiro atoms. The standard InChI is InChI=1S/C9H12ClN3O2S.ClH/c10-8-2-1-4-12-9(8)16(14,15)13-7-3-5-11-6-7;/h1-2,4,7,11,13H,3,5-6H2;1H. The van der Waals surface area contributed by atoms with Crippen LogP contribution in [0.1, 0.15) is 6.42 Å². The van der Waals surface area contributed by atoms with E-state index in [0.717, 1.165) is 13.0 Å². The zero-order valence-electron chi connectivity index (χ0n) is 8.89. The molecule has 2 rings (SSSR count). The van der Waals surface area contributed by atoms with Gasteiger partial charge in [0.15, 0.2) is 5.03 Å². The van der Waals surface area contributed by atoms with Crippen LogP contribution < -0.4 is 10.0 Å². The molecule has 96 valence electrons. The fourth-order valence-corrected chi connectivity index (χ4v) is 3.30. The number of nitrogens with zero attached hydrogens (tertiary/aromatic N) is 1. The largest absolute Gasteiger partial charge is 0.315 e. The first-order valence-corrected chi connectivity index (χ1v) is 6.79. The third kappa shape index (κ3) is 3.53. The average molecular weight is 298 g/mol. The number of aromatic nitrogens is 1. The van der Waals surface area contributed by atoms with Crippen LogP contribution >= 0.6 is 24.0 Å². The number of hydrogen-bond acceptors (Lipinski definition) is 4. The summed E-state index contributed by atoms with van der Waals surface area (Å²) < 4.78 is 26.4. The van der Waals surface area contributed by atoms with Crippen LogP contribution in [-0.2, 0) is 10.0 Å². The third-order valence-electron chi connectivity index (χ3n) is 2.36. The lowest BCUT2D eigenvalue weighted by molar-refractivity contribution is 0.556. The minimum absolute atomic E-state index is 0. The van der Waals surface area contributed by atoms with Crippen LogP contribution in [0.3, 0.4) is 0 Å². The Morgan fingerprint density at radius 1 is 1.53 bits per heavy atom. The Hall–Kier alpha value is -0.400. The molecule has 1 atom stereocenters. The molecule has 0 bridgehead atoms. The Kier molecular flexibility index (Phi) is 5.15. The van der Waals surface area contributed by atoms with Crippen molar-refractivity contribution >= 4 is 34.0 Å². The Morgan fingerprint density at radius 3 is 2.88 bits per heavy atom. The van der Waals surface area contributed by atoms with Gasteiger partial charge in [0, 0.05) is 18.8 Å². The van der Waals surface area contributed by atoms with Gasteiger partial charge in [-0.3, -0.25) is 0 Å². The first-order valence-electron chi connectivity index (χ1n) is 4.93. The minimum atomic E-state index is -3.61. The summed E-state index contributed by atoms with van der Waals surface area (Å²) in [5, 5.41) is 3.11. The summed E-state index contributed by atoms with van der Waals surface area (Å²) >= 11 is 5.80. The maximum Gasteiger partial charge on any atom is 0.259 e. The quantitative estimate of drug-likeness (QED) is 0.866. The van der Waals surface area contributed by atoms with Gasteiger partial charge in [-0.2, -0.15) is 0 Å². The molecule has 0 radical (unpaired) electrons. The summed E-state index contributed by atoms with van der Waals surface area (Å²) in [6.07, 6.45) is 2.19. The molecule has 0 aliphatic carbocycles. The number of halogens is 2. The Bertz CT molecular complexity index is 475. The second kappa shape index (κ2) is 5.97. The zero-order chi connectivity index (χ0) is 11.6. The van der Waals surface area contributed by atoms with E-state index in [9.17, 15) is 8.42 Å². The highest BCUT2D eigenvalue weighted by Crippen LogP contribution is 2.18. The molecule has 0 aromatic carbocycles. The Balaban J connectivity index is 0.00000144. The summed E-state index contributed by atoms with van der Waals surface area (Å²) in [4.78, 5) is 3.79. The van der Waals surface area contributed by atoms with Gasteiger partial charge in [0.25, 0.3) is 10.0 Å². The third-order valence-corrected chi connectivity index (χ3v) is 4.26. The predicted molar refractivity (Wildman–Crippen MR) is 68.1 cm³/mol. The Morgan fingerprint density at radius 2 is 2.29 bits per heavy atom. The van der Waals surface area contributed by atoms with Crippen molar-refractivity contribution in [2.75, 3.05) is 13.1 Å². The molecule has 2 N–H and O–H groups in total. The molecular formula is C9H13Cl2N3O2S. The van der Waals surface area contributed by atoms with E-state index in [1.54, 1.807) is 6.07 Å². The van der Waals surface area contributed by atoms with Crippen molar-refractivity contribution in [1.82, 2.24) is 15.0 Å². The maximum absolute atomic E-state index is 11.9. The number of rotatable bonds is 3. The fourth-order valence-electron chi connectivity index (χ4n) is 1.60. The van der Waals surface area contributed by atoms with Gasteiger partial charge in [-0.05, 0) is 25.1 Å². The van der Waals surface area contributed by atoms with Crippen molar-refractivity contribution < 1.29 is 8.42 Å². The van der Waals surface area contributed by atoms with Gasteiger partial charge in [0.05, 0.1) is 5.02 Å². The molecule has 1 aliphatic rings. The zero-order valence-corrected chi connectivity index (χ0v) is 11.3. The first-order chi connectivity index (χ1) is 7.59. The summed E-state index contributed by atoms with van der Waals surface area (Å²) in [6.45, 7) is 1.47. The van der Waals surface area contributed by atoms with E-state index >= 15 is 0 Å². The van der Waals surface area contributed by atoms with Crippen LogP contribution in [0.5, 0.6) is 0 Å². The average Bonchev–Trinajstić information content (AvgIpc) is 2.70. The van der Waals surface area contributed by atoms with Gasteiger partial charge in [-0.1, -0.05) is 11.6 Å². The van der Waals surface area contributed by atoms with Crippen LogP contribution in [0.2, 0.25) is 5.02 Å². The lowest BCUT2D eigenvalue weighted by Gasteiger charge is -2.11. The molecule has 8 heteroatoms. The summed E-state index contributed by atoms with van der Waals surface area (Å²) in [6, 6.07) is 3.03. The Labute approximate surface area is 111 Å². The molecule has 2 heterocycles. The topological polar surface area (TPSA) is 71.1 Å². The van der Waals surface area contributed by atoms with Crippen LogP contribution in [0.4, 0.5) is 0 Å². The van der Waals surface area contributed by atoms with E-state index < -0.39 is 10.0 Å². The molecule has 1 unspecified atom stereocenters. The van der Waals surface area contributed by atoms with Crippen LogP contribution in [-0.4, -0.2) is 32.5 Å². The monoisotopic (exact) mass is 297 g/mol. The van der Waals surface area contributed by atoms with Crippen molar-refractivity contribution in [3.63, 3.8) is 0 Å². The summed E-state index contributed by atoms with van der Waals surface area (Å²) in [7, 11) is -3.61. The van der Waals surface area contributed by atoms with Crippen LogP contribution in [0.15, 0.2) is 23.4 Å². The first kappa shape index (κ1) is 14.7. The van der Waals surface area contributed by atoms with Crippen molar-refractivity contribution in [3.8, 4) is 0 Å². The molecule has 1 fully saturated rings. The van der Waals surface area contributed by atoms with Gasteiger partial charge >= 0.3 is 0 Å². The molecule has 1 aliphatic heterocycles. The molecule has 17 heavy (non-hydrogen) atoms. The van der Waals surface area contributed by atoms with Crippen LogP contribution in [0.25, 0.3) is 0 Å². The molecule has 5 nitrogen and oxygen atoms in total. The van der Waals surface area contributed by atoms with Gasteiger partial charge < -0.3 is 5.32 Å². The summed E-state index contributed by atoms with van der Waals surface area (Å²) in [5.74, 6) is 0. The van der Waals surface area contributed by atoms with E-state index in [-0.39, 0.29) is 28.5 Å². The molecule has 1 saturated heterocycles. The van der Waals surface area contributed by atoms with E-state index in [4.69, 9.17) is 11.6 Å². The van der Waals surface area contributed by atoms with Crippen molar-refractivity contribution in [2.45, 2.75) is 17.5 Å². The van der Waals surface area contributed by atoms with Crippen molar-refractivity contribution in [2.24, 2.45) is 0 Å². The van der Waals surface area contributed by atoms with Crippen molar-refractivity contribution in [3.05, 3.63) is 23.4 Å². The van der Waals surface area contributed by atoms with E-state index in [2.05, 4.69) is 15.0 Å². The lowest BCUT2D eigenvalue weighted by Crippen LogP contribution is -2.36. The van der Waals surface area contributed by atoms with Crippen LogP contribution in [0, 0.1) is 0 Å². The smallest absolute Gasteiger partial charge is 0.259 e. The van der Waals surface area contributed by atoms with Crippen molar-refractivity contribution in [1.29, 1.82) is 0 Å². The van der Waals surface area contributed by atoms with E-state index in [0.29, 0.717) is 6.54 Å². The van der Waals surface area contributed by atoms with Gasteiger partial charge in [-0.15, -0.1) is 12.4 Å². The molecule has 0 saturated carbocycles. The number of sulfonamides is 1.